The number of benzene rings is 2. The van der Waals surface area contributed by atoms with Gasteiger partial charge >= 0.3 is 0 Å². The number of aromatic nitrogens is 4. The summed E-state index contributed by atoms with van der Waals surface area (Å²) in [5, 5.41) is 11.1. The van der Waals surface area contributed by atoms with Crippen LogP contribution in [-0.2, 0) is 13.3 Å². The number of aryl methyl sites for hydroxylation is 1. The van der Waals surface area contributed by atoms with E-state index < -0.39 is 17.5 Å². The zero-order valence-corrected chi connectivity index (χ0v) is 16.6. The predicted octanol–water partition coefficient (Wildman–Crippen LogP) is 4.00. The van der Waals surface area contributed by atoms with Crippen LogP contribution in [0.15, 0.2) is 67.1 Å². The van der Waals surface area contributed by atoms with Crippen molar-refractivity contribution in [1.29, 1.82) is 0 Å². The van der Waals surface area contributed by atoms with E-state index in [2.05, 4.69) is 21.6 Å². The molecule has 0 aliphatic rings. The predicted molar refractivity (Wildman–Crippen MR) is 110 cm³/mol. The van der Waals surface area contributed by atoms with Gasteiger partial charge < -0.3 is 10.1 Å². The summed E-state index contributed by atoms with van der Waals surface area (Å²) in [7, 11) is 0. The van der Waals surface area contributed by atoms with Gasteiger partial charge in [-0.3, -0.25) is 9.48 Å². The molecule has 4 rings (SSSR count). The molecule has 2 heterocycles. The van der Waals surface area contributed by atoms with Gasteiger partial charge in [-0.25, -0.2) is 13.5 Å². The minimum Gasteiger partial charge on any atom is -0.468 e. The van der Waals surface area contributed by atoms with Crippen LogP contribution in [0.1, 0.15) is 21.6 Å². The molecule has 0 unspecified atom stereocenters. The van der Waals surface area contributed by atoms with Gasteiger partial charge in [-0.2, -0.15) is 10.2 Å². The molecule has 0 saturated carbocycles. The maximum absolute atomic E-state index is 13.6. The van der Waals surface area contributed by atoms with Crippen LogP contribution in [0, 0.1) is 18.6 Å². The van der Waals surface area contributed by atoms with E-state index in [9.17, 15) is 13.6 Å². The zero-order chi connectivity index (χ0) is 21.8. The van der Waals surface area contributed by atoms with Gasteiger partial charge in [0.25, 0.3) is 5.91 Å². The highest BCUT2D eigenvalue weighted by atomic mass is 19.1. The number of ether oxygens (including phenoxy) is 1. The fraction of sp³-hybridized carbons (Fsp3) is 0.136. The maximum Gasteiger partial charge on any atom is 0.276 e. The van der Waals surface area contributed by atoms with Crippen molar-refractivity contribution in [1.82, 2.24) is 19.6 Å². The van der Waals surface area contributed by atoms with Crippen LogP contribution >= 0.6 is 0 Å². The smallest absolute Gasteiger partial charge is 0.276 e. The lowest BCUT2D eigenvalue weighted by Crippen LogP contribution is -2.14. The van der Waals surface area contributed by atoms with Gasteiger partial charge in [-0.15, -0.1) is 0 Å². The number of rotatable bonds is 7. The molecule has 158 valence electrons. The molecule has 0 aliphatic heterocycles. The third kappa shape index (κ3) is 5.13. The van der Waals surface area contributed by atoms with E-state index in [1.165, 1.54) is 28.6 Å². The summed E-state index contributed by atoms with van der Waals surface area (Å²) in [6, 6.07) is 12.6. The Morgan fingerprint density at radius 2 is 2.00 bits per heavy atom. The number of carbonyl (C=O) groups excluding carboxylic acids is 1. The second kappa shape index (κ2) is 8.78. The van der Waals surface area contributed by atoms with Crippen molar-refractivity contribution in [3.8, 4) is 5.75 Å². The minimum atomic E-state index is -0.812. The molecule has 1 amide bonds. The van der Waals surface area contributed by atoms with Crippen molar-refractivity contribution in [2.24, 2.45) is 0 Å². The third-order valence-corrected chi connectivity index (χ3v) is 4.44. The summed E-state index contributed by atoms with van der Waals surface area (Å²) >= 11 is 0. The Labute approximate surface area is 176 Å². The van der Waals surface area contributed by atoms with Crippen molar-refractivity contribution in [2.45, 2.75) is 20.2 Å². The standard InChI is InChI=1S/C22H19F2N5O2/c1-15-3-2-4-16(9-15)12-29-13-18(11-25-29)26-22(30)20-7-8-28(27-20)14-31-21-6-5-17(23)10-19(21)24/h2-11,13H,12,14H2,1H3,(H,26,30). The van der Waals surface area contributed by atoms with Crippen LogP contribution < -0.4 is 10.1 Å². The summed E-state index contributed by atoms with van der Waals surface area (Å²) in [5.41, 5.74) is 2.98. The number of nitrogens with one attached hydrogen (secondary N) is 1. The lowest BCUT2D eigenvalue weighted by Gasteiger charge is -2.07. The lowest BCUT2D eigenvalue weighted by molar-refractivity contribution is 0.102. The van der Waals surface area contributed by atoms with Gasteiger partial charge in [0.2, 0.25) is 0 Å². The van der Waals surface area contributed by atoms with Crippen LogP contribution in [0.5, 0.6) is 5.75 Å². The van der Waals surface area contributed by atoms with Crippen LogP contribution in [0.25, 0.3) is 0 Å². The van der Waals surface area contributed by atoms with Gasteiger partial charge in [0.1, 0.15) is 5.82 Å². The van der Waals surface area contributed by atoms with Crippen LogP contribution in [-0.4, -0.2) is 25.5 Å². The Balaban J connectivity index is 1.34. The number of hydrogen-bond donors (Lipinski definition) is 1. The van der Waals surface area contributed by atoms with E-state index in [0.29, 0.717) is 12.2 Å². The summed E-state index contributed by atoms with van der Waals surface area (Å²) in [5.74, 6) is -2.02. The largest absolute Gasteiger partial charge is 0.468 e. The van der Waals surface area contributed by atoms with Crippen molar-refractivity contribution >= 4 is 11.6 Å². The topological polar surface area (TPSA) is 74.0 Å². The normalized spacial score (nSPS) is 10.8. The SMILES string of the molecule is Cc1cccc(Cn2cc(NC(=O)c3ccn(COc4ccc(F)cc4F)n3)cn2)c1. The fourth-order valence-corrected chi connectivity index (χ4v) is 2.99. The molecule has 0 fully saturated rings. The molecule has 0 aliphatic carbocycles. The Kier molecular flexibility index (Phi) is 5.74. The quantitative estimate of drug-likeness (QED) is 0.488. The van der Waals surface area contributed by atoms with Gasteiger partial charge in [-0.05, 0) is 30.7 Å². The van der Waals surface area contributed by atoms with E-state index in [4.69, 9.17) is 4.74 Å². The first-order valence-corrected chi connectivity index (χ1v) is 9.47. The first-order valence-electron chi connectivity index (χ1n) is 9.47. The van der Waals surface area contributed by atoms with Crippen LogP contribution in [0.2, 0.25) is 0 Å². The number of nitrogens with zero attached hydrogens (tertiary/aromatic N) is 4. The summed E-state index contributed by atoms with van der Waals surface area (Å²) < 4.78 is 34.9. The molecule has 0 bridgehead atoms. The summed E-state index contributed by atoms with van der Waals surface area (Å²) in [6.45, 7) is 2.48. The first kappa shape index (κ1) is 20.3. The second-order valence-corrected chi connectivity index (χ2v) is 6.96. The molecule has 0 spiro atoms. The van der Waals surface area contributed by atoms with E-state index in [1.54, 1.807) is 17.1 Å². The van der Waals surface area contributed by atoms with Crippen molar-refractivity contribution < 1.29 is 18.3 Å². The zero-order valence-electron chi connectivity index (χ0n) is 16.6. The minimum absolute atomic E-state index is 0.107. The fourth-order valence-electron chi connectivity index (χ4n) is 2.99. The molecule has 9 heteroatoms. The average molecular weight is 423 g/mol. The summed E-state index contributed by atoms with van der Waals surface area (Å²) in [4.78, 5) is 12.4. The number of anilines is 1. The van der Waals surface area contributed by atoms with Gasteiger partial charge in [0.15, 0.2) is 24.0 Å². The molecular formula is C22H19F2N5O2. The van der Waals surface area contributed by atoms with Crippen molar-refractivity contribution in [3.05, 3.63) is 95.6 Å². The van der Waals surface area contributed by atoms with E-state index >= 15 is 0 Å². The Hall–Kier alpha value is -4.01. The molecule has 2 aromatic heterocycles. The highest BCUT2D eigenvalue weighted by molar-refractivity contribution is 6.02. The van der Waals surface area contributed by atoms with Crippen LogP contribution in [0.4, 0.5) is 14.5 Å². The van der Waals surface area contributed by atoms with Crippen molar-refractivity contribution in [2.75, 3.05) is 5.32 Å². The first-order chi connectivity index (χ1) is 15.0. The molecule has 31 heavy (non-hydrogen) atoms. The number of carbonyl (C=O) groups is 1. The molecule has 0 saturated heterocycles. The number of hydrogen-bond acceptors (Lipinski definition) is 4. The van der Waals surface area contributed by atoms with Gasteiger partial charge in [0, 0.05) is 18.5 Å². The average Bonchev–Trinajstić information content (AvgIpc) is 3.37. The Morgan fingerprint density at radius 1 is 1.13 bits per heavy atom. The third-order valence-electron chi connectivity index (χ3n) is 4.44. The molecular weight excluding hydrogens is 404 g/mol. The highest BCUT2D eigenvalue weighted by Crippen LogP contribution is 2.18. The van der Waals surface area contributed by atoms with E-state index in [0.717, 1.165) is 17.7 Å². The molecule has 2 aromatic carbocycles. The Morgan fingerprint density at radius 3 is 2.81 bits per heavy atom. The second-order valence-electron chi connectivity index (χ2n) is 6.96. The van der Waals surface area contributed by atoms with Gasteiger partial charge in [-0.1, -0.05) is 29.8 Å². The molecule has 0 radical (unpaired) electrons. The number of amides is 1. The van der Waals surface area contributed by atoms with Crippen molar-refractivity contribution in [3.63, 3.8) is 0 Å². The molecule has 7 nitrogen and oxygen atoms in total. The van der Waals surface area contributed by atoms with Gasteiger partial charge in [0.05, 0.1) is 18.4 Å². The molecule has 0 atom stereocenters. The monoisotopic (exact) mass is 423 g/mol. The van der Waals surface area contributed by atoms with E-state index in [-0.39, 0.29) is 18.2 Å². The highest BCUT2D eigenvalue weighted by Gasteiger charge is 2.12. The van der Waals surface area contributed by atoms with E-state index in [1.807, 2.05) is 25.1 Å². The summed E-state index contributed by atoms with van der Waals surface area (Å²) in [6.07, 6.45) is 4.82. The van der Waals surface area contributed by atoms with Crippen LogP contribution in [0.3, 0.4) is 0 Å². The molecule has 4 aromatic rings. The Bertz CT molecular complexity index is 1220. The number of halogens is 2. The molecule has 1 N–H and O–H groups in total. The lowest BCUT2D eigenvalue weighted by atomic mass is 10.1. The maximum atomic E-state index is 13.6.